The molecule has 1 aromatic carbocycles. The topological polar surface area (TPSA) is 84.0 Å². The third-order valence-electron chi connectivity index (χ3n) is 4.48. The number of carbonyl (C=O) groups is 1. The first kappa shape index (κ1) is 35.9. The van der Waals surface area contributed by atoms with Crippen molar-refractivity contribution in [3.05, 3.63) is 29.3 Å². The van der Waals surface area contributed by atoms with Gasteiger partial charge in [0.15, 0.2) is 0 Å². The SMILES string of the molecule is C1CC1.CC.CC.CF.COC(=O)N1CCCC1.O=S1CCN(S(=O)(=O)c2ccc(Cl)cc2)CC1. The second kappa shape index (κ2) is 22.0. The van der Waals surface area contributed by atoms with Crippen LogP contribution in [0.15, 0.2) is 29.2 Å². The van der Waals surface area contributed by atoms with Gasteiger partial charge in [-0.3, -0.25) is 8.60 Å². The third kappa shape index (κ3) is 15.5. The Labute approximate surface area is 219 Å². The summed E-state index contributed by atoms with van der Waals surface area (Å²) in [5.41, 5.74) is 0. The first-order chi connectivity index (χ1) is 16.8. The Balaban J connectivity index is 0. The van der Waals surface area contributed by atoms with Crippen LogP contribution < -0.4 is 0 Å². The number of nitrogens with zero attached hydrogens (tertiary/aromatic N) is 2. The summed E-state index contributed by atoms with van der Waals surface area (Å²) in [4.78, 5) is 12.7. The fourth-order valence-corrected chi connectivity index (χ4v) is 5.50. The summed E-state index contributed by atoms with van der Waals surface area (Å²) in [6.45, 7) is 10.4. The summed E-state index contributed by atoms with van der Waals surface area (Å²) >= 11 is 5.72. The van der Waals surface area contributed by atoms with Crippen molar-refractivity contribution in [3.63, 3.8) is 0 Å². The minimum absolute atomic E-state index is 0.187. The standard InChI is InChI=1S/C10H12ClNO3S2.C6H11NO2.C3H6.2C2H6.CH3F/c11-9-1-3-10(4-2-9)17(14,15)12-5-7-16(13)8-6-12;1-9-6(8)7-4-2-3-5-7;1-2-3-1;3*1-2/h1-4H,5-8H2;2-5H2,1H3;1-3H2;2*1-2H3;1H3. The molecule has 0 unspecified atom stereocenters. The third-order valence-corrected chi connectivity index (χ3v) is 7.92. The first-order valence-electron chi connectivity index (χ1n) is 12.2. The molecule has 3 fully saturated rings. The Kier molecular flexibility index (Phi) is 22.6. The predicted molar refractivity (Wildman–Crippen MR) is 145 cm³/mol. The highest BCUT2D eigenvalue weighted by atomic mass is 35.5. The number of ether oxygens (including phenoxy) is 1. The van der Waals surface area contributed by atoms with Crippen LogP contribution >= 0.6 is 11.6 Å². The number of halogens is 2. The number of carbonyl (C=O) groups excluding carboxylic acids is 1. The van der Waals surface area contributed by atoms with Crippen molar-refractivity contribution in [2.24, 2.45) is 0 Å². The predicted octanol–water partition coefficient (Wildman–Crippen LogP) is 5.75. The minimum Gasteiger partial charge on any atom is -0.453 e. The molecule has 1 aliphatic carbocycles. The second-order valence-electron chi connectivity index (χ2n) is 6.93. The van der Waals surface area contributed by atoms with E-state index in [1.807, 2.05) is 27.7 Å². The normalized spacial score (nSPS) is 16.6. The smallest absolute Gasteiger partial charge is 0.409 e. The van der Waals surface area contributed by atoms with E-state index in [-0.39, 0.29) is 11.0 Å². The van der Waals surface area contributed by atoms with Crippen LogP contribution in [-0.4, -0.2) is 79.9 Å². The number of likely N-dealkylation sites (tertiary alicyclic amines) is 1. The van der Waals surface area contributed by atoms with Gasteiger partial charge in [-0.25, -0.2) is 13.2 Å². The highest BCUT2D eigenvalue weighted by molar-refractivity contribution is 7.89. The zero-order chi connectivity index (χ0) is 27.3. The molecular formula is C24H44ClFN2O5S2. The van der Waals surface area contributed by atoms with Crippen LogP contribution in [0.5, 0.6) is 0 Å². The van der Waals surface area contributed by atoms with Crippen molar-refractivity contribution in [1.82, 2.24) is 9.21 Å². The van der Waals surface area contributed by atoms with Gasteiger partial charge in [-0.05, 0) is 37.1 Å². The monoisotopic (exact) mass is 558 g/mol. The molecule has 3 aliphatic rings. The fraction of sp³-hybridized carbons (Fsp3) is 0.708. The number of alkyl halides is 1. The van der Waals surface area contributed by atoms with Gasteiger partial charge in [0, 0.05) is 53.5 Å². The molecule has 0 spiro atoms. The zero-order valence-electron chi connectivity index (χ0n) is 22.1. The Morgan fingerprint density at radius 2 is 1.31 bits per heavy atom. The molecule has 0 atom stereocenters. The largest absolute Gasteiger partial charge is 0.453 e. The highest BCUT2D eigenvalue weighted by Gasteiger charge is 2.27. The average Bonchev–Trinajstić information content (AvgIpc) is 3.70. The Morgan fingerprint density at radius 1 is 0.886 bits per heavy atom. The molecule has 1 saturated carbocycles. The number of benzene rings is 1. The van der Waals surface area contributed by atoms with Crippen molar-refractivity contribution in [2.75, 3.05) is 52.0 Å². The molecule has 2 saturated heterocycles. The van der Waals surface area contributed by atoms with E-state index < -0.39 is 20.8 Å². The lowest BCUT2D eigenvalue weighted by Gasteiger charge is -2.25. The number of amides is 1. The number of hydrogen-bond acceptors (Lipinski definition) is 5. The van der Waals surface area contributed by atoms with Crippen LogP contribution in [-0.2, 0) is 25.6 Å². The van der Waals surface area contributed by atoms with Gasteiger partial charge >= 0.3 is 6.09 Å². The van der Waals surface area contributed by atoms with Crippen molar-refractivity contribution < 1.29 is 26.5 Å². The van der Waals surface area contributed by atoms with Gasteiger partial charge in [0.2, 0.25) is 10.0 Å². The molecule has 0 N–H and O–H groups in total. The van der Waals surface area contributed by atoms with Crippen molar-refractivity contribution in [2.45, 2.75) is 64.7 Å². The molecule has 206 valence electrons. The van der Waals surface area contributed by atoms with Crippen LogP contribution in [0.1, 0.15) is 59.8 Å². The number of rotatable bonds is 2. The summed E-state index contributed by atoms with van der Waals surface area (Å²) in [5, 5.41) is 0.503. The fourth-order valence-electron chi connectivity index (χ4n) is 2.65. The molecule has 11 heteroatoms. The molecule has 1 amide bonds. The van der Waals surface area contributed by atoms with Gasteiger partial charge in [0.1, 0.15) is 0 Å². The molecule has 0 bridgehead atoms. The van der Waals surface area contributed by atoms with Crippen LogP contribution in [0, 0.1) is 0 Å². The quantitative estimate of drug-likeness (QED) is 0.461. The van der Waals surface area contributed by atoms with Crippen molar-refractivity contribution >= 4 is 38.5 Å². The van der Waals surface area contributed by atoms with E-state index in [1.165, 1.54) is 42.8 Å². The van der Waals surface area contributed by atoms with Gasteiger partial charge < -0.3 is 9.64 Å². The summed E-state index contributed by atoms with van der Waals surface area (Å²) in [6, 6.07) is 6.08. The lowest BCUT2D eigenvalue weighted by molar-refractivity contribution is 0.133. The maximum atomic E-state index is 12.2. The molecule has 0 aromatic heterocycles. The molecule has 1 aromatic rings. The Hall–Kier alpha value is -1.23. The maximum absolute atomic E-state index is 12.2. The molecule has 0 radical (unpaired) electrons. The van der Waals surface area contributed by atoms with E-state index in [4.69, 9.17) is 11.6 Å². The molecule has 35 heavy (non-hydrogen) atoms. The van der Waals surface area contributed by atoms with E-state index in [2.05, 4.69) is 4.74 Å². The number of hydrogen-bond donors (Lipinski definition) is 0. The van der Waals surface area contributed by atoms with Gasteiger partial charge in [-0.1, -0.05) is 58.6 Å². The Bertz CT molecular complexity index is 775. The van der Waals surface area contributed by atoms with E-state index >= 15 is 0 Å². The Morgan fingerprint density at radius 3 is 1.69 bits per heavy atom. The summed E-state index contributed by atoms with van der Waals surface area (Å²) < 4.78 is 51.0. The van der Waals surface area contributed by atoms with E-state index in [0.29, 0.717) is 36.8 Å². The van der Waals surface area contributed by atoms with Gasteiger partial charge in [0.05, 0.1) is 19.2 Å². The first-order valence-corrected chi connectivity index (χ1v) is 15.5. The van der Waals surface area contributed by atoms with Crippen LogP contribution in [0.25, 0.3) is 0 Å². The second-order valence-corrected chi connectivity index (χ2v) is 11.0. The zero-order valence-corrected chi connectivity index (χ0v) is 24.5. The van der Waals surface area contributed by atoms with Gasteiger partial charge in [-0.15, -0.1) is 0 Å². The lowest BCUT2D eigenvalue weighted by atomic mass is 10.4. The van der Waals surface area contributed by atoms with Crippen LogP contribution in [0.3, 0.4) is 0 Å². The van der Waals surface area contributed by atoms with Gasteiger partial charge in [-0.2, -0.15) is 4.31 Å². The number of methoxy groups -OCH3 is 1. The van der Waals surface area contributed by atoms with Crippen molar-refractivity contribution in [3.8, 4) is 0 Å². The minimum atomic E-state index is -3.46. The lowest BCUT2D eigenvalue weighted by Crippen LogP contribution is -2.41. The van der Waals surface area contributed by atoms with Crippen LogP contribution in [0.2, 0.25) is 5.02 Å². The van der Waals surface area contributed by atoms with Crippen LogP contribution in [0.4, 0.5) is 9.18 Å². The summed E-state index contributed by atoms with van der Waals surface area (Å²) in [6.07, 6.45) is 6.55. The molecule has 7 nitrogen and oxygen atoms in total. The molecule has 2 heterocycles. The van der Waals surface area contributed by atoms with Gasteiger partial charge in [0.25, 0.3) is 0 Å². The summed E-state index contributed by atoms with van der Waals surface area (Å²) in [5.74, 6) is 0.819. The number of sulfonamides is 1. The highest BCUT2D eigenvalue weighted by Crippen LogP contribution is 2.19. The van der Waals surface area contributed by atoms with E-state index in [1.54, 1.807) is 17.0 Å². The molecule has 4 rings (SSSR count). The molecule has 2 aliphatic heterocycles. The summed E-state index contributed by atoms with van der Waals surface area (Å²) in [7, 11) is -2.43. The van der Waals surface area contributed by atoms with E-state index in [0.717, 1.165) is 25.9 Å². The maximum Gasteiger partial charge on any atom is 0.409 e. The van der Waals surface area contributed by atoms with Crippen molar-refractivity contribution in [1.29, 1.82) is 0 Å². The average molecular weight is 559 g/mol. The molecular weight excluding hydrogens is 515 g/mol. The van der Waals surface area contributed by atoms with E-state index in [9.17, 15) is 21.8 Å².